The predicted molar refractivity (Wildman–Crippen MR) is 68.4 cm³/mol. The lowest BCUT2D eigenvalue weighted by Gasteiger charge is -2.09. The van der Waals surface area contributed by atoms with Crippen LogP contribution in [0.3, 0.4) is 0 Å². The standard InChI is InChI=1S/C11H11FN4O2S/c1-7-4-8(12)10(5-9(7)13)19(17,18)16-11-6-14-2-3-15-11/h2-6H,13H2,1H3,(H,15,16). The van der Waals surface area contributed by atoms with E-state index in [4.69, 9.17) is 5.73 Å². The number of aryl methyl sites for hydroxylation is 1. The number of hydrogen-bond acceptors (Lipinski definition) is 5. The first-order chi connectivity index (χ1) is 8.90. The van der Waals surface area contributed by atoms with Crippen LogP contribution in [0.15, 0.2) is 35.6 Å². The van der Waals surface area contributed by atoms with Gasteiger partial charge in [0.15, 0.2) is 5.82 Å². The molecule has 0 saturated carbocycles. The zero-order valence-corrected chi connectivity index (χ0v) is 10.8. The van der Waals surface area contributed by atoms with Gasteiger partial charge in [-0.05, 0) is 24.6 Å². The Morgan fingerprint density at radius 2 is 2.05 bits per heavy atom. The second-order valence-corrected chi connectivity index (χ2v) is 5.49. The van der Waals surface area contributed by atoms with Crippen molar-refractivity contribution in [3.63, 3.8) is 0 Å². The average Bonchev–Trinajstić information content (AvgIpc) is 2.34. The Bertz CT molecular complexity index is 704. The van der Waals surface area contributed by atoms with E-state index in [1.807, 2.05) is 0 Å². The summed E-state index contributed by atoms with van der Waals surface area (Å²) in [6, 6.07) is 2.14. The third-order valence-electron chi connectivity index (χ3n) is 2.41. The summed E-state index contributed by atoms with van der Waals surface area (Å²) in [4.78, 5) is 6.93. The second-order valence-electron chi connectivity index (χ2n) is 3.84. The Morgan fingerprint density at radius 1 is 1.32 bits per heavy atom. The van der Waals surface area contributed by atoms with Crippen molar-refractivity contribution in [1.82, 2.24) is 9.97 Å². The molecule has 2 rings (SSSR count). The SMILES string of the molecule is Cc1cc(F)c(S(=O)(=O)Nc2cnccn2)cc1N. The molecule has 0 spiro atoms. The summed E-state index contributed by atoms with van der Waals surface area (Å²) in [6.45, 7) is 1.59. The number of halogens is 1. The van der Waals surface area contributed by atoms with E-state index in [1.165, 1.54) is 18.6 Å². The Morgan fingerprint density at radius 3 is 2.68 bits per heavy atom. The number of anilines is 2. The summed E-state index contributed by atoms with van der Waals surface area (Å²) < 4.78 is 39.9. The monoisotopic (exact) mass is 282 g/mol. The molecule has 0 aliphatic rings. The average molecular weight is 282 g/mol. The van der Waals surface area contributed by atoms with E-state index >= 15 is 0 Å². The maximum Gasteiger partial charge on any atom is 0.266 e. The number of nitrogen functional groups attached to an aromatic ring is 1. The van der Waals surface area contributed by atoms with Crippen LogP contribution >= 0.6 is 0 Å². The predicted octanol–water partition coefficient (Wildman–Crippen LogP) is 1.31. The highest BCUT2D eigenvalue weighted by atomic mass is 32.2. The Balaban J connectivity index is 2.43. The van der Waals surface area contributed by atoms with Gasteiger partial charge in [-0.2, -0.15) is 0 Å². The van der Waals surface area contributed by atoms with Gasteiger partial charge in [0.2, 0.25) is 0 Å². The molecule has 100 valence electrons. The van der Waals surface area contributed by atoms with Crippen molar-refractivity contribution in [1.29, 1.82) is 0 Å². The lowest BCUT2D eigenvalue weighted by Crippen LogP contribution is -2.16. The van der Waals surface area contributed by atoms with Crippen molar-refractivity contribution in [3.05, 3.63) is 42.1 Å². The van der Waals surface area contributed by atoms with Crippen LogP contribution in [-0.2, 0) is 10.0 Å². The molecule has 2 aromatic rings. The van der Waals surface area contributed by atoms with E-state index < -0.39 is 20.7 Å². The fourth-order valence-electron chi connectivity index (χ4n) is 1.42. The molecule has 0 aliphatic carbocycles. The lowest BCUT2D eigenvalue weighted by atomic mass is 10.2. The molecule has 0 aliphatic heterocycles. The van der Waals surface area contributed by atoms with E-state index in [-0.39, 0.29) is 11.5 Å². The molecule has 1 aromatic heterocycles. The summed E-state index contributed by atoms with van der Waals surface area (Å²) in [5, 5.41) is 0. The van der Waals surface area contributed by atoms with Crippen LogP contribution in [0.1, 0.15) is 5.56 Å². The molecular weight excluding hydrogens is 271 g/mol. The van der Waals surface area contributed by atoms with Crippen molar-refractivity contribution in [3.8, 4) is 0 Å². The molecular formula is C11H11FN4O2S. The van der Waals surface area contributed by atoms with Gasteiger partial charge in [-0.15, -0.1) is 0 Å². The van der Waals surface area contributed by atoms with Crippen LogP contribution in [0.5, 0.6) is 0 Å². The molecule has 19 heavy (non-hydrogen) atoms. The van der Waals surface area contributed by atoms with Gasteiger partial charge in [0, 0.05) is 18.1 Å². The number of rotatable bonds is 3. The van der Waals surface area contributed by atoms with Crippen LogP contribution in [0.25, 0.3) is 0 Å². The molecule has 1 aromatic carbocycles. The second kappa shape index (κ2) is 4.81. The highest BCUT2D eigenvalue weighted by Crippen LogP contribution is 2.22. The zero-order valence-electron chi connectivity index (χ0n) is 9.96. The van der Waals surface area contributed by atoms with Crippen molar-refractivity contribution in [2.45, 2.75) is 11.8 Å². The fourth-order valence-corrected chi connectivity index (χ4v) is 2.51. The zero-order chi connectivity index (χ0) is 14.0. The van der Waals surface area contributed by atoms with Crippen LogP contribution in [-0.4, -0.2) is 18.4 Å². The van der Waals surface area contributed by atoms with Crippen molar-refractivity contribution in [2.75, 3.05) is 10.5 Å². The number of benzene rings is 1. The first-order valence-corrected chi connectivity index (χ1v) is 6.73. The molecule has 3 N–H and O–H groups in total. The topological polar surface area (TPSA) is 98.0 Å². The summed E-state index contributed by atoms with van der Waals surface area (Å²) in [5.74, 6) is -0.871. The third-order valence-corrected chi connectivity index (χ3v) is 3.78. The molecule has 0 fully saturated rings. The van der Waals surface area contributed by atoms with Crippen LogP contribution in [0, 0.1) is 12.7 Å². The molecule has 0 unspecified atom stereocenters. The Kier molecular flexibility index (Phi) is 3.34. The third kappa shape index (κ3) is 2.79. The smallest absolute Gasteiger partial charge is 0.266 e. The minimum atomic E-state index is -4.09. The molecule has 8 heteroatoms. The lowest BCUT2D eigenvalue weighted by molar-refractivity contribution is 0.570. The van der Waals surface area contributed by atoms with Gasteiger partial charge in [-0.3, -0.25) is 9.71 Å². The maximum absolute atomic E-state index is 13.7. The van der Waals surface area contributed by atoms with Gasteiger partial charge in [0.05, 0.1) is 6.20 Å². The number of nitrogens with one attached hydrogen (secondary N) is 1. The molecule has 0 amide bonds. The van der Waals surface area contributed by atoms with E-state index in [9.17, 15) is 12.8 Å². The molecule has 0 saturated heterocycles. The maximum atomic E-state index is 13.7. The van der Waals surface area contributed by atoms with Crippen molar-refractivity contribution in [2.24, 2.45) is 0 Å². The van der Waals surface area contributed by atoms with Crippen LogP contribution < -0.4 is 10.5 Å². The number of aromatic nitrogens is 2. The number of hydrogen-bond donors (Lipinski definition) is 2. The van der Waals surface area contributed by atoms with Crippen LogP contribution in [0.2, 0.25) is 0 Å². The Hall–Kier alpha value is -2.22. The van der Waals surface area contributed by atoms with E-state index in [0.717, 1.165) is 12.1 Å². The van der Waals surface area contributed by atoms with Gasteiger partial charge in [-0.25, -0.2) is 17.8 Å². The van der Waals surface area contributed by atoms with Crippen molar-refractivity contribution < 1.29 is 12.8 Å². The number of sulfonamides is 1. The highest BCUT2D eigenvalue weighted by Gasteiger charge is 2.21. The number of nitrogens with zero attached hydrogens (tertiary/aromatic N) is 2. The van der Waals surface area contributed by atoms with E-state index in [1.54, 1.807) is 6.92 Å². The molecule has 0 bridgehead atoms. The summed E-state index contributed by atoms with van der Waals surface area (Å²) in [7, 11) is -4.09. The minimum Gasteiger partial charge on any atom is -0.398 e. The van der Waals surface area contributed by atoms with Crippen molar-refractivity contribution >= 4 is 21.5 Å². The van der Waals surface area contributed by atoms with Gasteiger partial charge in [0.1, 0.15) is 10.7 Å². The molecule has 0 atom stereocenters. The van der Waals surface area contributed by atoms with Gasteiger partial charge in [0.25, 0.3) is 10.0 Å². The minimum absolute atomic E-state index is 0.000969. The number of nitrogens with two attached hydrogens (primary N) is 1. The summed E-state index contributed by atoms with van der Waals surface area (Å²) in [5.41, 5.74) is 6.26. The molecule has 6 nitrogen and oxygen atoms in total. The summed E-state index contributed by atoms with van der Waals surface area (Å²) in [6.07, 6.45) is 3.92. The molecule has 0 radical (unpaired) electrons. The largest absolute Gasteiger partial charge is 0.398 e. The first kappa shape index (κ1) is 13.2. The van der Waals surface area contributed by atoms with Gasteiger partial charge in [-0.1, -0.05) is 0 Å². The van der Waals surface area contributed by atoms with Gasteiger partial charge < -0.3 is 5.73 Å². The van der Waals surface area contributed by atoms with E-state index in [0.29, 0.717) is 5.56 Å². The van der Waals surface area contributed by atoms with Gasteiger partial charge >= 0.3 is 0 Å². The summed E-state index contributed by atoms with van der Waals surface area (Å²) >= 11 is 0. The normalized spacial score (nSPS) is 11.3. The first-order valence-electron chi connectivity index (χ1n) is 5.24. The molecule has 1 heterocycles. The Labute approximate surface area is 109 Å². The quantitative estimate of drug-likeness (QED) is 0.827. The van der Waals surface area contributed by atoms with E-state index in [2.05, 4.69) is 14.7 Å². The fraction of sp³-hybridized carbons (Fsp3) is 0.0909. The highest BCUT2D eigenvalue weighted by molar-refractivity contribution is 7.92. The van der Waals surface area contributed by atoms with Crippen LogP contribution in [0.4, 0.5) is 15.9 Å².